The fourth-order valence-electron chi connectivity index (χ4n) is 4.63. The quantitative estimate of drug-likeness (QED) is 0.337. The zero-order valence-electron chi connectivity index (χ0n) is 20.1. The molecule has 1 amide bonds. The summed E-state index contributed by atoms with van der Waals surface area (Å²) in [7, 11) is 0. The van der Waals surface area contributed by atoms with Gasteiger partial charge >= 0.3 is 0 Å². The molecule has 35 heavy (non-hydrogen) atoms. The molecule has 184 valence electrons. The van der Waals surface area contributed by atoms with E-state index in [2.05, 4.69) is 35.3 Å². The molecule has 2 aromatic heterocycles. The minimum absolute atomic E-state index is 0.106. The van der Waals surface area contributed by atoms with Gasteiger partial charge in [-0.3, -0.25) is 4.79 Å². The molecule has 0 spiro atoms. The predicted molar refractivity (Wildman–Crippen MR) is 138 cm³/mol. The summed E-state index contributed by atoms with van der Waals surface area (Å²) >= 11 is 1.53. The number of hydrogen-bond acceptors (Lipinski definition) is 7. The highest BCUT2D eigenvalue weighted by Gasteiger charge is 2.22. The average molecular weight is 493 g/mol. The number of rotatable bonds is 8. The number of aromatic nitrogens is 2. The summed E-state index contributed by atoms with van der Waals surface area (Å²) in [5, 5.41) is 3.62. The Morgan fingerprint density at radius 1 is 1.11 bits per heavy atom. The van der Waals surface area contributed by atoms with Gasteiger partial charge in [-0.25, -0.2) is 9.97 Å². The van der Waals surface area contributed by atoms with E-state index < -0.39 is 0 Å². The smallest absolute Gasteiger partial charge is 0.287 e. The first kappa shape index (κ1) is 23.9. The molecule has 0 saturated carbocycles. The molecule has 0 radical (unpaired) electrons. The first-order valence-electron chi connectivity index (χ1n) is 12.5. The van der Waals surface area contributed by atoms with Crippen LogP contribution in [0.2, 0.25) is 0 Å². The number of piperidine rings is 1. The second-order valence-electron chi connectivity index (χ2n) is 9.20. The van der Waals surface area contributed by atoms with Crippen LogP contribution >= 0.6 is 11.8 Å². The minimum Gasteiger partial charge on any atom is -0.455 e. The Bertz CT molecular complexity index is 1130. The summed E-state index contributed by atoms with van der Waals surface area (Å²) in [6.45, 7) is 4.57. The zero-order valence-corrected chi connectivity index (χ0v) is 20.9. The van der Waals surface area contributed by atoms with Crippen LogP contribution in [-0.2, 0) is 10.5 Å². The molecule has 1 aromatic carbocycles. The molecule has 5 rings (SSSR count). The number of ether oxygens (including phenoxy) is 1. The van der Waals surface area contributed by atoms with E-state index in [-0.39, 0.29) is 12.0 Å². The lowest BCUT2D eigenvalue weighted by molar-refractivity contribution is 0.0834. The molecular weight excluding hydrogens is 460 g/mol. The highest BCUT2D eigenvalue weighted by Crippen LogP contribution is 2.30. The second kappa shape index (κ2) is 11.3. The van der Waals surface area contributed by atoms with Gasteiger partial charge in [0, 0.05) is 37.4 Å². The zero-order chi connectivity index (χ0) is 24.0. The lowest BCUT2D eigenvalue weighted by Gasteiger charge is -2.34. The van der Waals surface area contributed by atoms with Gasteiger partial charge in [0.2, 0.25) is 0 Å². The SMILES string of the molecule is CC1CCCCN1c1cc(-c2ccccc2)nc(SCc2ccc(C(=O)NCC3CCCO3)o2)n1. The third kappa shape index (κ3) is 6.05. The Hall–Kier alpha value is -2.84. The predicted octanol–water partition coefficient (Wildman–Crippen LogP) is 5.32. The van der Waals surface area contributed by atoms with Gasteiger partial charge in [-0.2, -0.15) is 0 Å². The largest absolute Gasteiger partial charge is 0.455 e. The Morgan fingerprint density at radius 3 is 2.80 bits per heavy atom. The van der Waals surface area contributed by atoms with Crippen molar-refractivity contribution in [3.63, 3.8) is 0 Å². The Labute approximate surface area is 210 Å². The Morgan fingerprint density at radius 2 is 2.00 bits per heavy atom. The van der Waals surface area contributed by atoms with E-state index in [1.54, 1.807) is 6.07 Å². The van der Waals surface area contributed by atoms with E-state index in [1.165, 1.54) is 31.0 Å². The molecule has 4 heterocycles. The van der Waals surface area contributed by atoms with E-state index in [4.69, 9.17) is 19.1 Å². The van der Waals surface area contributed by atoms with Crippen LogP contribution in [0, 0.1) is 0 Å². The third-order valence-electron chi connectivity index (χ3n) is 6.60. The number of anilines is 1. The molecule has 2 aliphatic rings. The van der Waals surface area contributed by atoms with Gasteiger partial charge in [-0.1, -0.05) is 42.1 Å². The maximum absolute atomic E-state index is 12.4. The van der Waals surface area contributed by atoms with Crippen LogP contribution in [0.15, 0.2) is 58.1 Å². The van der Waals surface area contributed by atoms with Gasteiger partial charge in [0.05, 0.1) is 17.6 Å². The number of nitrogens with zero attached hydrogens (tertiary/aromatic N) is 3. The van der Waals surface area contributed by atoms with E-state index >= 15 is 0 Å². The lowest BCUT2D eigenvalue weighted by atomic mass is 10.0. The standard InChI is InChI=1S/C27H32N4O3S/c1-19-8-5-6-14-31(19)25-16-23(20-9-3-2-4-10-20)29-27(30-25)35-18-22-12-13-24(34-22)26(32)28-17-21-11-7-15-33-21/h2-4,9-10,12-13,16,19,21H,5-8,11,14-15,17-18H2,1H3,(H,28,32). The molecule has 2 saturated heterocycles. The van der Waals surface area contributed by atoms with Crippen LogP contribution in [0.1, 0.15) is 55.3 Å². The van der Waals surface area contributed by atoms with Crippen molar-refractivity contribution in [3.8, 4) is 11.3 Å². The topological polar surface area (TPSA) is 80.5 Å². The van der Waals surface area contributed by atoms with Crippen LogP contribution < -0.4 is 10.2 Å². The lowest BCUT2D eigenvalue weighted by Crippen LogP contribution is -2.38. The highest BCUT2D eigenvalue weighted by atomic mass is 32.2. The highest BCUT2D eigenvalue weighted by molar-refractivity contribution is 7.98. The number of carbonyl (C=O) groups is 1. The van der Waals surface area contributed by atoms with Gasteiger partial charge in [-0.15, -0.1) is 0 Å². The van der Waals surface area contributed by atoms with Crippen LogP contribution in [0.25, 0.3) is 11.3 Å². The van der Waals surface area contributed by atoms with Crippen LogP contribution in [0.5, 0.6) is 0 Å². The Balaban J connectivity index is 1.28. The number of benzene rings is 1. The normalized spacial score (nSPS) is 20.2. The van der Waals surface area contributed by atoms with E-state index in [9.17, 15) is 4.79 Å². The van der Waals surface area contributed by atoms with E-state index in [1.807, 2.05) is 24.3 Å². The van der Waals surface area contributed by atoms with E-state index in [0.29, 0.717) is 29.3 Å². The van der Waals surface area contributed by atoms with E-state index in [0.717, 1.165) is 48.8 Å². The number of amides is 1. The molecule has 0 aliphatic carbocycles. The van der Waals surface area contributed by atoms with Crippen molar-refractivity contribution in [2.75, 3.05) is 24.6 Å². The van der Waals surface area contributed by atoms with Crippen molar-refractivity contribution in [1.29, 1.82) is 0 Å². The number of hydrogen-bond donors (Lipinski definition) is 1. The van der Waals surface area contributed by atoms with Crippen molar-refractivity contribution in [1.82, 2.24) is 15.3 Å². The van der Waals surface area contributed by atoms with Gasteiger partial charge in [0.15, 0.2) is 10.9 Å². The summed E-state index contributed by atoms with van der Waals surface area (Å²) in [5.41, 5.74) is 2.00. The molecule has 2 aliphatic heterocycles. The van der Waals surface area contributed by atoms with Gasteiger partial charge < -0.3 is 19.4 Å². The molecular formula is C27H32N4O3S. The molecule has 3 aromatic rings. The monoisotopic (exact) mass is 492 g/mol. The number of thioether (sulfide) groups is 1. The van der Waals surface area contributed by atoms with Crippen molar-refractivity contribution < 1.29 is 13.9 Å². The molecule has 2 unspecified atom stereocenters. The molecule has 0 bridgehead atoms. The molecule has 7 nitrogen and oxygen atoms in total. The molecule has 8 heteroatoms. The maximum atomic E-state index is 12.4. The van der Waals surface area contributed by atoms with Crippen LogP contribution in [0.4, 0.5) is 5.82 Å². The first-order valence-corrected chi connectivity index (χ1v) is 13.5. The molecule has 2 atom stereocenters. The summed E-state index contributed by atoms with van der Waals surface area (Å²) in [5.74, 6) is 2.36. The second-order valence-corrected chi connectivity index (χ2v) is 10.1. The first-order chi connectivity index (χ1) is 17.2. The van der Waals surface area contributed by atoms with Crippen LogP contribution in [0.3, 0.4) is 0 Å². The van der Waals surface area contributed by atoms with Crippen LogP contribution in [-0.4, -0.2) is 47.7 Å². The Kier molecular flexibility index (Phi) is 7.69. The average Bonchev–Trinajstić information content (AvgIpc) is 3.59. The third-order valence-corrected chi connectivity index (χ3v) is 7.47. The van der Waals surface area contributed by atoms with Crippen molar-refractivity contribution in [3.05, 3.63) is 60.1 Å². The van der Waals surface area contributed by atoms with Crippen molar-refractivity contribution >= 4 is 23.5 Å². The fraction of sp³-hybridized carbons (Fsp3) is 0.444. The van der Waals surface area contributed by atoms with Crippen molar-refractivity contribution in [2.45, 2.75) is 62.1 Å². The summed E-state index contributed by atoms with van der Waals surface area (Å²) in [6.07, 6.45) is 5.77. The molecule has 2 fully saturated rings. The number of carbonyl (C=O) groups excluding carboxylic acids is 1. The summed E-state index contributed by atoms with van der Waals surface area (Å²) in [6, 6.07) is 16.4. The molecule has 1 N–H and O–H groups in total. The number of furan rings is 1. The summed E-state index contributed by atoms with van der Waals surface area (Å²) < 4.78 is 11.4. The van der Waals surface area contributed by atoms with Gasteiger partial charge in [-0.05, 0) is 51.2 Å². The maximum Gasteiger partial charge on any atom is 0.287 e. The van der Waals surface area contributed by atoms with Crippen molar-refractivity contribution in [2.24, 2.45) is 0 Å². The van der Waals surface area contributed by atoms with Gasteiger partial charge in [0.1, 0.15) is 11.6 Å². The fourth-order valence-corrected chi connectivity index (χ4v) is 5.38. The summed E-state index contributed by atoms with van der Waals surface area (Å²) in [4.78, 5) is 24.6. The van der Waals surface area contributed by atoms with Gasteiger partial charge in [0.25, 0.3) is 5.91 Å². The number of nitrogens with one attached hydrogen (secondary N) is 1. The minimum atomic E-state index is -0.208.